The molecule has 0 saturated heterocycles. The summed E-state index contributed by atoms with van der Waals surface area (Å²) in [6.45, 7) is 2.20. The molecule has 3 aromatic carbocycles. The Labute approximate surface area is 170 Å². The van der Waals surface area contributed by atoms with Gasteiger partial charge in [-0.15, -0.1) is 0 Å². The maximum absolute atomic E-state index is 11.3. The number of benzene rings is 3. The van der Waals surface area contributed by atoms with Gasteiger partial charge in [-0.05, 0) is 53.1 Å². The van der Waals surface area contributed by atoms with Crippen molar-refractivity contribution in [2.75, 3.05) is 18.4 Å². The molecule has 146 valence electrons. The van der Waals surface area contributed by atoms with Gasteiger partial charge >= 0.3 is 0 Å². The lowest BCUT2D eigenvalue weighted by Crippen LogP contribution is -2.22. The Morgan fingerprint density at radius 1 is 0.857 bits per heavy atom. The fraction of sp³-hybridized carbons (Fsp3) is 0.143. The second kappa shape index (κ2) is 9.21. The fourth-order valence-electron chi connectivity index (χ4n) is 2.87. The highest BCUT2D eigenvalue weighted by molar-refractivity contribution is 7.89. The number of nitrogens with one attached hydrogen (secondary N) is 2. The molecule has 0 radical (unpaired) electrons. The number of rotatable bonds is 8. The number of nitrogens with two attached hydrogens (primary N) is 1. The normalized spacial score (nSPS) is 11.4. The maximum Gasteiger partial charge on any atom is 0.238 e. The van der Waals surface area contributed by atoms with Gasteiger partial charge in [-0.3, -0.25) is 0 Å². The van der Waals surface area contributed by atoms with Crippen molar-refractivity contribution in [2.24, 2.45) is 5.14 Å². The van der Waals surface area contributed by atoms with Crippen LogP contribution in [0.4, 0.5) is 5.69 Å². The van der Waals surface area contributed by atoms with E-state index in [9.17, 15) is 8.42 Å². The lowest BCUT2D eigenvalue weighted by atomic mass is 10.00. The number of hydrogen-bond donors (Lipinski definition) is 3. The van der Waals surface area contributed by atoms with Crippen molar-refractivity contribution >= 4 is 27.3 Å². The molecule has 3 aromatic rings. The van der Waals surface area contributed by atoms with Crippen molar-refractivity contribution in [1.82, 2.24) is 5.32 Å². The molecule has 0 aliphatic heterocycles. The molecule has 0 aromatic heterocycles. The zero-order valence-corrected chi connectivity index (χ0v) is 16.8. The minimum atomic E-state index is -3.66. The van der Waals surface area contributed by atoms with Gasteiger partial charge < -0.3 is 10.6 Å². The Kier molecular flexibility index (Phi) is 6.70. The summed E-state index contributed by atoms with van der Waals surface area (Å²) in [6, 6.07) is 22.5. The van der Waals surface area contributed by atoms with Crippen molar-refractivity contribution in [2.45, 2.75) is 11.4 Å². The van der Waals surface area contributed by atoms with Crippen LogP contribution in [0.3, 0.4) is 0 Å². The van der Waals surface area contributed by atoms with E-state index in [1.165, 1.54) is 23.3 Å². The summed E-state index contributed by atoms with van der Waals surface area (Å²) < 4.78 is 22.5. The molecule has 0 aliphatic rings. The molecular weight excluding hydrogens is 394 g/mol. The first-order valence-electron chi connectivity index (χ1n) is 8.85. The third-order valence-electron chi connectivity index (χ3n) is 4.30. The topological polar surface area (TPSA) is 84.2 Å². The van der Waals surface area contributed by atoms with Crippen LogP contribution in [0, 0.1) is 0 Å². The van der Waals surface area contributed by atoms with Crippen molar-refractivity contribution in [3.05, 3.63) is 83.4 Å². The highest BCUT2D eigenvalue weighted by atomic mass is 35.5. The Bertz CT molecular complexity index is 1020. The zero-order chi connectivity index (χ0) is 20.0. The summed E-state index contributed by atoms with van der Waals surface area (Å²) in [4.78, 5) is 0.106. The second-order valence-electron chi connectivity index (χ2n) is 6.34. The minimum Gasteiger partial charge on any atom is -0.384 e. The van der Waals surface area contributed by atoms with E-state index in [-0.39, 0.29) is 4.90 Å². The molecule has 0 spiro atoms. The number of anilines is 1. The van der Waals surface area contributed by atoms with Crippen LogP contribution in [0.5, 0.6) is 0 Å². The van der Waals surface area contributed by atoms with Gasteiger partial charge in [0.05, 0.1) is 4.90 Å². The SMILES string of the molecule is NS(=O)(=O)c1ccc(NCCNCc2ccccc2-c2ccc(Cl)cc2)cc1. The molecule has 0 amide bonds. The van der Waals surface area contributed by atoms with E-state index in [0.29, 0.717) is 6.54 Å². The van der Waals surface area contributed by atoms with E-state index in [0.717, 1.165) is 29.4 Å². The van der Waals surface area contributed by atoms with Crippen LogP contribution in [0.25, 0.3) is 11.1 Å². The van der Waals surface area contributed by atoms with E-state index in [2.05, 4.69) is 22.8 Å². The van der Waals surface area contributed by atoms with Crippen molar-refractivity contribution in [3.63, 3.8) is 0 Å². The molecule has 3 rings (SSSR count). The summed E-state index contributed by atoms with van der Waals surface area (Å²) in [6.07, 6.45) is 0. The number of halogens is 1. The number of primary sulfonamides is 1. The Morgan fingerprint density at radius 2 is 1.54 bits per heavy atom. The lowest BCUT2D eigenvalue weighted by molar-refractivity contribution is 0.598. The summed E-state index contributed by atoms with van der Waals surface area (Å²) in [7, 11) is -3.66. The minimum absolute atomic E-state index is 0.106. The molecule has 0 atom stereocenters. The third-order valence-corrected chi connectivity index (χ3v) is 5.48. The van der Waals surface area contributed by atoms with Crippen LogP contribution >= 0.6 is 11.6 Å². The molecule has 0 bridgehead atoms. The largest absolute Gasteiger partial charge is 0.384 e. The lowest BCUT2D eigenvalue weighted by Gasteiger charge is -2.12. The Morgan fingerprint density at radius 3 is 2.21 bits per heavy atom. The first-order chi connectivity index (χ1) is 13.4. The summed E-state index contributed by atoms with van der Waals surface area (Å²) >= 11 is 5.98. The molecule has 7 heteroatoms. The first-order valence-corrected chi connectivity index (χ1v) is 10.8. The third kappa shape index (κ3) is 5.56. The van der Waals surface area contributed by atoms with Gasteiger partial charge in [0.15, 0.2) is 0 Å². The Hall–Kier alpha value is -2.38. The van der Waals surface area contributed by atoms with E-state index < -0.39 is 10.0 Å². The van der Waals surface area contributed by atoms with Crippen LogP contribution < -0.4 is 15.8 Å². The van der Waals surface area contributed by atoms with Crippen LogP contribution in [-0.2, 0) is 16.6 Å². The molecule has 0 saturated carbocycles. The smallest absolute Gasteiger partial charge is 0.238 e. The van der Waals surface area contributed by atoms with E-state index >= 15 is 0 Å². The zero-order valence-electron chi connectivity index (χ0n) is 15.2. The van der Waals surface area contributed by atoms with Gasteiger partial charge in [-0.2, -0.15) is 0 Å². The van der Waals surface area contributed by atoms with Crippen LogP contribution in [-0.4, -0.2) is 21.5 Å². The highest BCUT2D eigenvalue weighted by Crippen LogP contribution is 2.25. The predicted octanol–water partition coefficient (Wildman–Crippen LogP) is 3.86. The van der Waals surface area contributed by atoms with Gasteiger partial charge in [0, 0.05) is 30.3 Å². The van der Waals surface area contributed by atoms with E-state index in [4.69, 9.17) is 16.7 Å². The average Bonchev–Trinajstić information content (AvgIpc) is 2.68. The molecule has 0 unspecified atom stereocenters. The second-order valence-corrected chi connectivity index (χ2v) is 8.33. The highest BCUT2D eigenvalue weighted by Gasteiger charge is 2.07. The molecule has 0 fully saturated rings. The van der Waals surface area contributed by atoms with Gasteiger partial charge in [-0.1, -0.05) is 48.0 Å². The average molecular weight is 416 g/mol. The quantitative estimate of drug-likeness (QED) is 0.488. The van der Waals surface area contributed by atoms with Gasteiger partial charge in [-0.25, -0.2) is 13.6 Å². The summed E-state index contributed by atoms with van der Waals surface area (Å²) in [5.41, 5.74) is 4.37. The molecule has 5 nitrogen and oxygen atoms in total. The van der Waals surface area contributed by atoms with Crippen LogP contribution in [0.1, 0.15) is 5.56 Å². The van der Waals surface area contributed by atoms with Gasteiger partial charge in [0.2, 0.25) is 10.0 Å². The van der Waals surface area contributed by atoms with Crippen LogP contribution in [0.15, 0.2) is 77.7 Å². The van der Waals surface area contributed by atoms with Gasteiger partial charge in [0.1, 0.15) is 0 Å². The summed E-state index contributed by atoms with van der Waals surface area (Å²) in [5, 5.41) is 12.5. The molecule has 0 heterocycles. The number of hydrogen-bond acceptors (Lipinski definition) is 4. The predicted molar refractivity (Wildman–Crippen MR) is 115 cm³/mol. The fourth-order valence-corrected chi connectivity index (χ4v) is 3.51. The molecule has 4 N–H and O–H groups in total. The van der Waals surface area contributed by atoms with Crippen LogP contribution in [0.2, 0.25) is 5.02 Å². The van der Waals surface area contributed by atoms with Crippen molar-refractivity contribution < 1.29 is 8.42 Å². The monoisotopic (exact) mass is 415 g/mol. The van der Waals surface area contributed by atoms with Gasteiger partial charge in [0.25, 0.3) is 0 Å². The van der Waals surface area contributed by atoms with Crippen molar-refractivity contribution in [3.8, 4) is 11.1 Å². The molecule has 28 heavy (non-hydrogen) atoms. The molecule has 0 aliphatic carbocycles. The Balaban J connectivity index is 1.51. The first kappa shape index (κ1) is 20.4. The van der Waals surface area contributed by atoms with E-state index in [1.54, 1.807) is 12.1 Å². The standard InChI is InChI=1S/C21H22ClN3O2S/c22-18-7-5-16(6-8-18)21-4-2-1-3-17(21)15-24-13-14-25-19-9-11-20(12-10-19)28(23,26)27/h1-12,24-25H,13-15H2,(H2,23,26,27). The molecular formula is C21H22ClN3O2S. The van der Waals surface area contributed by atoms with Crippen molar-refractivity contribution in [1.29, 1.82) is 0 Å². The maximum atomic E-state index is 11.3. The van der Waals surface area contributed by atoms with E-state index in [1.807, 2.05) is 36.4 Å². The number of sulfonamides is 1. The summed E-state index contributed by atoms with van der Waals surface area (Å²) in [5.74, 6) is 0.